The van der Waals surface area contributed by atoms with Crippen molar-refractivity contribution in [2.45, 2.75) is 0 Å². The van der Waals surface area contributed by atoms with E-state index in [1.807, 2.05) is 5.43 Å². The molecule has 0 aromatic heterocycles. The molecular formula is C6H5BrFN3O2. The molecule has 3 N–H and O–H groups in total. The molecule has 1 aromatic rings. The molecule has 0 unspecified atom stereocenters. The molecule has 0 saturated carbocycles. The van der Waals surface area contributed by atoms with Crippen LogP contribution < -0.4 is 11.3 Å². The van der Waals surface area contributed by atoms with Crippen LogP contribution in [0.5, 0.6) is 0 Å². The van der Waals surface area contributed by atoms with Crippen LogP contribution in [0, 0.1) is 15.9 Å². The fraction of sp³-hybridized carbons (Fsp3) is 0. The van der Waals surface area contributed by atoms with E-state index < -0.39 is 10.7 Å². The van der Waals surface area contributed by atoms with Gasteiger partial charge >= 0.3 is 0 Å². The maximum atomic E-state index is 12.9. The van der Waals surface area contributed by atoms with Crippen LogP contribution in [0.3, 0.4) is 0 Å². The number of nitro groups is 1. The third-order valence-electron chi connectivity index (χ3n) is 1.39. The van der Waals surface area contributed by atoms with E-state index in [4.69, 9.17) is 5.84 Å². The van der Waals surface area contributed by atoms with Crippen LogP contribution in [0.4, 0.5) is 15.8 Å². The van der Waals surface area contributed by atoms with Crippen LogP contribution in [-0.4, -0.2) is 4.92 Å². The quantitative estimate of drug-likeness (QED) is 0.476. The Hall–Kier alpha value is -1.21. The standard InChI is InChI=1S/C6H5BrFN3O2/c7-3-1-4(8)5(10-9)2-6(3)11(12)13/h1-2,10H,9H2. The average molecular weight is 250 g/mol. The number of anilines is 1. The molecule has 0 aliphatic heterocycles. The van der Waals surface area contributed by atoms with Crippen molar-refractivity contribution in [1.82, 2.24) is 0 Å². The molecular weight excluding hydrogens is 245 g/mol. The lowest BCUT2D eigenvalue weighted by atomic mass is 10.3. The second-order valence-electron chi connectivity index (χ2n) is 2.18. The number of nitrogens with two attached hydrogens (primary N) is 1. The third kappa shape index (κ3) is 1.93. The summed E-state index contributed by atoms with van der Waals surface area (Å²) in [6.45, 7) is 0. The molecule has 70 valence electrons. The minimum Gasteiger partial charge on any atom is -0.321 e. The van der Waals surface area contributed by atoms with Gasteiger partial charge in [-0.2, -0.15) is 0 Å². The molecule has 0 aliphatic rings. The van der Waals surface area contributed by atoms with Crippen LogP contribution in [0.25, 0.3) is 0 Å². The van der Waals surface area contributed by atoms with Crippen molar-refractivity contribution in [3.05, 3.63) is 32.5 Å². The maximum Gasteiger partial charge on any atom is 0.285 e. The average Bonchev–Trinajstić information content (AvgIpc) is 2.03. The Morgan fingerprint density at radius 3 is 2.69 bits per heavy atom. The van der Waals surface area contributed by atoms with Gasteiger partial charge in [0.1, 0.15) is 5.82 Å². The summed E-state index contributed by atoms with van der Waals surface area (Å²) in [5, 5.41) is 10.4. The highest BCUT2D eigenvalue weighted by Crippen LogP contribution is 2.29. The van der Waals surface area contributed by atoms with Gasteiger partial charge in [-0.3, -0.25) is 16.0 Å². The van der Waals surface area contributed by atoms with Gasteiger partial charge < -0.3 is 5.43 Å². The molecule has 1 aromatic carbocycles. The summed E-state index contributed by atoms with van der Waals surface area (Å²) >= 11 is 2.86. The summed E-state index contributed by atoms with van der Waals surface area (Å²) in [6.07, 6.45) is 0. The van der Waals surface area contributed by atoms with Gasteiger partial charge in [-0.1, -0.05) is 0 Å². The Kier molecular flexibility index (Phi) is 2.79. The van der Waals surface area contributed by atoms with Crippen molar-refractivity contribution >= 4 is 27.3 Å². The van der Waals surface area contributed by atoms with E-state index in [0.717, 1.165) is 12.1 Å². The molecule has 0 fully saturated rings. The molecule has 5 nitrogen and oxygen atoms in total. The predicted molar refractivity (Wildman–Crippen MR) is 48.6 cm³/mol. The summed E-state index contributed by atoms with van der Waals surface area (Å²) < 4.78 is 13.0. The lowest BCUT2D eigenvalue weighted by molar-refractivity contribution is -0.385. The van der Waals surface area contributed by atoms with E-state index in [1.54, 1.807) is 0 Å². The largest absolute Gasteiger partial charge is 0.321 e. The van der Waals surface area contributed by atoms with Gasteiger partial charge in [-0.15, -0.1) is 0 Å². The highest BCUT2D eigenvalue weighted by Gasteiger charge is 2.15. The second kappa shape index (κ2) is 3.67. The molecule has 0 atom stereocenters. The minimum absolute atomic E-state index is 0.0778. The summed E-state index contributed by atoms with van der Waals surface area (Å²) in [5.74, 6) is 4.29. The molecule has 7 heteroatoms. The monoisotopic (exact) mass is 249 g/mol. The highest BCUT2D eigenvalue weighted by molar-refractivity contribution is 9.10. The minimum atomic E-state index is -0.653. The molecule has 0 bridgehead atoms. The topological polar surface area (TPSA) is 81.2 Å². The summed E-state index contributed by atoms with van der Waals surface area (Å²) in [4.78, 5) is 9.75. The van der Waals surface area contributed by atoms with E-state index in [2.05, 4.69) is 15.9 Å². The Balaban J connectivity index is 3.30. The zero-order chi connectivity index (χ0) is 10.0. The van der Waals surface area contributed by atoms with Gasteiger partial charge in [-0.05, 0) is 22.0 Å². The molecule has 0 amide bonds. The number of nitro benzene ring substituents is 1. The van der Waals surface area contributed by atoms with Crippen molar-refractivity contribution in [3.8, 4) is 0 Å². The Bertz CT molecular complexity index is 358. The van der Waals surface area contributed by atoms with Gasteiger partial charge in [0.25, 0.3) is 5.69 Å². The first-order valence-corrected chi connectivity index (χ1v) is 3.95. The molecule has 0 spiro atoms. The number of nitrogen functional groups attached to an aromatic ring is 1. The number of benzene rings is 1. The first kappa shape index (κ1) is 9.87. The Labute approximate surface area is 81.0 Å². The van der Waals surface area contributed by atoms with Crippen molar-refractivity contribution < 1.29 is 9.31 Å². The highest BCUT2D eigenvalue weighted by atomic mass is 79.9. The Morgan fingerprint density at radius 1 is 1.62 bits per heavy atom. The lowest BCUT2D eigenvalue weighted by Gasteiger charge is -2.02. The van der Waals surface area contributed by atoms with Crippen LogP contribution in [0.2, 0.25) is 0 Å². The summed E-state index contributed by atoms with van der Waals surface area (Å²) in [6, 6.07) is 1.99. The van der Waals surface area contributed by atoms with Gasteiger partial charge in [-0.25, -0.2) is 4.39 Å². The lowest BCUT2D eigenvalue weighted by Crippen LogP contribution is -2.09. The van der Waals surface area contributed by atoms with Crippen LogP contribution >= 0.6 is 15.9 Å². The van der Waals surface area contributed by atoms with E-state index in [9.17, 15) is 14.5 Å². The first-order valence-electron chi connectivity index (χ1n) is 3.16. The van der Waals surface area contributed by atoms with E-state index in [-0.39, 0.29) is 15.8 Å². The maximum absolute atomic E-state index is 12.9. The summed E-state index contributed by atoms with van der Waals surface area (Å²) in [5.41, 5.74) is 1.66. The van der Waals surface area contributed by atoms with Crippen molar-refractivity contribution in [1.29, 1.82) is 0 Å². The van der Waals surface area contributed by atoms with Gasteiger partial charge in [0.15, 0.2) is 0 Å². The molecule has 0 aliphatic carbocycles. The summed E-state index contributed by atoms with van der Waals surface area (Å²) in [7, 11) is 0. The van der Waals surface area contributed by atoms with E-state index in [1.165, 1.54) is 0 Å². The number of halogens is 2. The number of hydrogen-bond acceptors (Lipinski definition) is 4. The zero-order valence-corrected chi connectivity index (χ0v) is 7.84. The van der Waals surface area contributed by atoms with Gasteiger partial charge in [0.05, 0.1) is 15.1 Å². The van der Waals surface area contributed by atoms with Gasteiger partial charge in [0.2, 0.25) is 0 Å². The molecule has 0 saturated heterocycles. The molecule has 0 heterocycles. The smallest absolute Gasteiger partial charge is 0.285 e. The number of rotatable bonds is 2. The van der Waals surface area contributed by atoms with Crippen LogP contribution in [0.1, 0.15) is 0 Å². The van der Waals surface area contributed by atoms with Crippen LogP contribution in [0.15, 0.2) is 16.6 Å². The normalized spacial score (nSPS) is 9.77. The zero-order valence-electron chi connectivity index (χ0n) is 6.25. The van der Waals surface area contributed by atoms with Crippen molar-refractivity contribution in [3.63, 3.8) is 0 Å². The fourth-order valence-electron chi connectivity index (χ4n) is 0.788. The Morgan fingerprint density at radius 2 is 2.23 bits per heavy atom. The van der Waals surface area contributed by atoms with E-state index in [0.29, 0.717) is 0 Å². The number of hydrogen-bond donors (Lipinski definition) is 2. The number of hydrazine groups is 1. The predicted octanol–water partition coefficient (Wildman–Crippen LogP) is 1.78. The molecule has 1 rings (SSSR count). The second-order valence-corrected chi connectivity index (χ2v) is 3.04. The SMILES string of the molecule is NNc1cc([N+](=O)[O-])c(Br)cc1F. The van der Waals surface area contributed by atoms with Crippen molar-refractivity contribution in [2.75, 3.05) is 5.43 Å². The van der Waals surface area contributed by atoms with E-state index >= 15 is 0 Å². The molecule has 0 radical (unpaired) electrons. The van der Waals surface area contributed by atoms with Gasteiger partial charge in [0, 0.05) is 6.07 Å². The first-order chi connectivity index (χ1) is 6.06. The fourth-order valence-corrected chi connectivity index (χ4v) is 1.25. The third-order valence-corrected chi connectivity index (χ3v) is 2.02. The van der Waals surface area contributed by atoms with Crippen LogP contribution in [-0.2, 0) is 0 Å². The number of nitrogens with one attached hydrogen (secondary N) is 1. The molecule has 13 heavy (non-hydrogen) atoms. The number of nitrogens with zero attached hydrogens (tertiary/aromatic N) is 1. The van der Waals surface area contributed by atoms with Crippen molar-refractivity contribution in [2.24, 2.45) is 5.84 Å².